The maximum atomic E-state index is 11.5. The number of nitrogens with one attached hydrogen (secondary N) is 2. The highest BCUT2D eigenvalue weighted by atomic mass is 16.5. The lowest BCUT2D eigenvalue weighted by atomic mass is 10.0. The topological polar surface area (TPSA) is 116 Å². The minimum atomic E-state index is -1.10. The van der Waals surface area contributed by atoms with Crippen molar-refractivity contribution >= 4 is 17.8 Å². The predicted octanol–water partition coefficient (Wildman–Crippen LogP) is 0.134. The first-order chi connectivity index (χ1) is 8.27. The number of aliphatic carboxylic acids is 1. The molecule has 0 aliphatic heterocycles. The van der Waals surface area contributed by atoms with Crippen LogP contribution in [0.15, 0.2) is 0 Å². The Kier molecular flexibility index (Phi) is 6.96. The van der Waals surface area contributed by atoms with Crippen LogP contribution in [-0.4, -0.2) is 34.1 Å². The summed E-state index contributed by atoms with van der Waals surface area (Å²) in [5.41, 5.74) is 1.44. The molecular weight excluding hydrogens is 240 g/mol. The fraction of sp³-hybridized carbons (Fsp3) is 0.727. The van der Waals surface area contributed by atoms with Gasteiger partial charge in [-0.05, 0) is 12.3 Å². The average molecular weight is 260 g/mol. The summed E-state index contributed by atoms with van der Waals surface area (Å²) in [4.78, 5) is 33.4. The minimum Gasteiger partial charge on any atom is -0.480 e. The lowest BCUT2D eigenvalue weighted by Crippen LogP contribution is -2.43. The number of hydrogen-bond acceptors (Lipinski definition) is 4. The number of rotatable bonds is 7. The SMILES string of the molecule is CC(C)C[C@H](NC(=O)CC(C)C(=O)NO)C(=O)O. The molecule has 0 heterocycles. The van der Waals surface area contributed by atoms with Gasteiger partial charge in [0.25, 0.3) is 0 Å². The summed E-state index contributed by atoms with van der Waals surface area (Å²) < 4.78 is 0. The van der Waals surface area contributed by atoms with Crippen LogP contribution in [0.2, 0.25) is 0 Å². The number of carboxylic acid groups (broad SMARTS) is 1. The van der Waals surface area contributed by atoms with Crippen LogP contribution in [0.5, 0.6) is 0 Å². The molecule has 0 radical (unpaired) electrons. The predicted molar refractivity (Wildman–Crippen MR) is 62.7 cm³/mol. The molecule has 0 fully saturated rings. The van der Waals surface area contributed by atoms with Gasteiger partial charge >= 0.3 is 5.97 Å². The summed E-state index contributed by atoms with van der Waals surface area (Å²) in [5.74, 6) is -2.90. The Morgan fingerprint density at radius 2 is 1.72 bits per heavy atom. The third-order valence-electron chi connectivity index (χ3n) is 2.39. The highest BCUT2D eigenvalue weighted by molar-refractivity contribution is 5.87. The molecule has 7 nitrogen and oxygen atoms in total. The number of carbonyl (C=O) groups is 3. The van der Waals surface area contributed by atoms with Gasteiger partial charge in [0.15, 0.2) is 0 Å². The Hall–Kier alpha value is -1.63. The van der Waals surface area contributed by atoms with Crippen molar-refractivity contribution in [2.45, 2.75) is 39.7 Å². The summed E-state index contributed by atoms with van der Waals surface area (Å²) in [6.07, 6.45) is 0.149. The van der Waals surface area contributed by atoms with Gasteiger partial charge < -0.3 is 10.4 Å². The molecule has 104 valence electrons. The summed E-state index contributed by atoms with van der Waals surface area (Å²) in [7, 11) is 0. The largest absolute Gasteiger partial charge is 0.480 e. The van der Waals surface area contributed by atoms with E-state index in [1.807, 2.05) is 13.8 Å². The lowest BCUT2D eigenvalue weighted by molar-refractivity contribution is -0.142. The molecule has 4 N–H and O–H groups in total. The third kappa shape index (κ3) is 6.19. The normalized spacial score (nSPS) is 13.8. The summed E-state index contributed by atoms with van der Waals surface area (Å²) in [6, 6.07) is -0.957. The molecule has 0 saturated carbocycles. The molecule has 0 bridgehead atoms. The van der Waals surface area contributed by atoms with Gasteiger partial charge in [-0.2, -0.15) is 0 Å². The van der Waals surface area contributed by atoms with Crippen LogP contribution in [0.25, 0.3) is 0 Å². The van der Waals surface area contributed by atoms with Gasteiger partial charge in [0.05, 0.1) is 0 Å². The molecule has 0 rings (SSSR count). The molecule has 0 aliphatic rings. The minimum absolute atomic E-state index is 0.129. The first-order valence-corrected chi connectivity index (χ1v) is 5.74. The molecule has 2 atom stereocenters. The number of carboxylic acids is 1. The lowest BCUT2D eigenvalue weighted by Gasteiger charge is -2.17. The Morgan fingerprint density at radius 3 is 2.11 bits per heavy atom. The highest BCUT2D eigenvalue weighted by Gasteiger charge is 2.23. The zero-order valence-corrected chi connectivity index (χ0v) is 10.8. The smallest absolute Gasteiger partial charge is 0.326 e. The van der Waals surface area contributed by atoms with Crippen molar-refractivity contribution in [3.05, 3.63) is 0 Å². The first kappa shape index (κ1) is 16.4. The Bertz CT molecular complexity index is 317. The van der Waals surface area contributed by atoms with E-state index in [0.717, 1.165) is 0 Å². The molecule has 0 aromatic carbocycles. The van der Waals surface area contributed by atoms with E-state index in [1.54, 1.807) is 0 Å². The second kappa shape index (κ2) is 7.65. The summed E-state index contributed by atoms with van der Waals surface area (Å²) in [6.45, 7) is 5.16. The molecule has 0 aromatic rings. The fourth-order valence-electron chi connectivity index (χ4n) is 1.43. The maximum Gasteiger partial charge on any atom is 0.326 e. The molecular formula is C11H20N2O5. The standard InChI is InChI=1S/C11H20N2O5/c1-6(2)4-8(11(16)17)12-9(14)5-7(3)10(15)13-18/h6-8,18H,4-5H2,1-3H3,(H,12,14)(H,13,15)(H,16,17)/t7?,8-/m0/s1. The summed E-state index contributed by atoms with van der Waals surface area (Å²) in [5, 5.41) is 19.7. The monoisotopic (exact) mass is 260 g/mol. The van der Waals surface area contributed by atoms with Crippen LogP contribution in [-0.2, 0) is 14.4 Å². The van der Waals surface area contributed by atoms with E-state index >= 15 is 0 Å². The fourth-order valence-corrected chi connectivity index (χ4v) is 1.43. The highest BCUT2D eigenvalue weighted by Crippen LogP contribution is 2.07. The van der Waals surface area contributed by atoms with E-state index < -0.39 is 29.7 Å². The molecule has 0 aliphatic carbocycles. The van der Waals surface area contributed by atoms with E-state index in [0.29, 0.717) is 6.42 Å². The molecule has 0 spiro atoms. The van der Waals surface area contributed by atoms with Crippen LogP contribution >= 0.6 is 0 Å². The Morgan fingerprint density at radius 1 is 1.17 bits per heavy atom. The van der Waals surface area contributed by atoms with E-state index in [2.05, 4.69) is 5.32 Å². The van der Waals surface area contributed by atoms with Gasteiger partial charge in [0, 0.05) is 12.3 Å². The number of hydrogen-bond donors (Lipinski definition) is 4. The van der Waals surface area contributed by atoms with E-state index in [1.165, 1.54) is 12.4 Å². The van der Waals surface area contributed by atoms with Crippen molar-refractivity contribution in [1.82, 2.24) is 10.8 Å². The molecule has 0 aromatic heterocycles. The van der Waals surface area contributed by atoms with Gasteiger partial charge in [-0.25, -0.2) is 10.3 Å². The van der Waals surface area contributed by atoms with E-state index in [9.17, 15) is 14.4 Å². The van der Waals surface area contributed by atoms with E-state index in [4.69, 9.17) is 10.3 Å². The van der Waals surface area contributed by atoms with Gasteiger partial charge in [-0.15, -0.1) is 0 Å². The number of hydroxylamine groups is 1. The number of carbonyl (C=O) groups excluding carboxylic acids is 2. The van der Waals surface area contributed by atoms with Crippen molar-refractivity contribution in [2.24, 2.45) is 11.8 Å². The van der Waals surface area contributed by atoms with Crippen molar-refractivity contribution in [2.75, 3.05) is 0 Å². The van der Waals surface area contributed by atoms with Crippen LogP contribution in [0.4, 0.5) is 0 Å². The summed E-state index contributed by atoms with van der Waals surface area (Å²) >= 11 is 0. The zero-order valence-electron chi connectivity index (χ0n) is 10.8. The first-order valence-electron chi connectivity index (χ1n) is 5.74. The second-order valence-corrected chi connectivity index (χ2v) is 4.67. The van der Waals surface area contributed by atoms with Gasteiger partial charge in [0.1, 0.15) is 6.04 Å². The van der Waals surface area contributed by atoms with Crippen molar-refractivity contribution in [1.29, 1.82) is 0 Å². The maximum absolute atomic E-state index is 11.5. The van der Waals surface area contributed by atoms with Crippen LogP contribution in [0.3, 0.4) is 0 Å². The molecule has 7 heteroatoms. The van der Waals surface area contributed by atoms with Crippen molar-refractivity contribution in [3.8, 4) is 0 Å². The van der Waals surface area contributed by atoms with Crippen LogP contribution < -0.4 is 10.8 Å². The average Bonchev–Trinajstić information content (AvgIpc) is 2.25. The molecule has 18 heavy (non-hydrogen) atoms. The van der Waals surface area contributed by atoms with Gasteiger partial charge in [-0.1, -0.05) is 20.8 Å². The molecule has 2 amide bonds. The van der Waals surface area contributed by atoms with E-state index in [-0.39, 0.29) is 12.3 Å². The van der Waals surface area contributed by atoms with Crippen LogP contribution in [0.1, 0.15) is 33.6 Å². The Balaban J connectivity index is 4.34. The Labute approximate surface area is 106 Å². The zero-order chi connectivity index (χ0) is 14.3. The molecule has 1 unspecified atom stereocenters. The van der Waals surface area contributed by atoms with Crippen molar-refractivity contribution < 1.29 is 24.7 Å². The van der Waals surface area contributed by atoms with Gasteiger partial charge in [0.2, 0.25) is 11.8 Å². The van der Waals surface area contributed by atoms with Crippen LogP contribution in [0, 0.1) is 11.8 Å². The molecule has 0 saturated heterocycles. The number of amides is 2. The quantitative estimate of drug-likeness (QED) is 0.383. The third-order valence-corrected chi connectivity index (χ3v) is 2.39. The van der Waals surface area contributed by atoms with Crippen molar-refractivity contribution in [3.63, 3.8) is 0 Å². The second-order valence-electron chi connectivity index (χ2n) is 4.67. The van der Waals surface area contributed by atoms with Gasteiger partial charge in [-0.3, -0.25) is 14.8 Å².